The minimum absolute atomic E-state index is 0.445. The van der Waals surface area contributed by atoms with E-state index < -0.39 is 0 Å². The van der Waals surface area contributed by atoms with Crippen LogP contribution in [0.5, 0.6) is 5.75 Å². The zero-order valence-electron chi connectivity index (χ0n) is 21.8. The Kier molecular flexibility index (Phi) is 6.57. The molecule has 6 rings (SSSR count). The third-order valence-electron chi connectivity index (χ3n) is 8.12. The van der Waals surface area contributed by atoms with E-state index in [-0.39, 0.29) is 0 Å². The first kappa shape index (κ1) is 23.9. The fourth-order valence-electron chi connectivity index (χ4n) is 6.01. The van der Waals surface area contributed by atoms with Crippen LogP contribution in [0.25, 0.3) is 22.2 Å². The van der Waals surface area contributed by atoms with Gasteiger partial charge in [0, 0.05) is 50.0 Å². The molecule has 2 aromatic heterocycles. The number of likely N-dealkylation sites (N-methyl/N-ethyl adjacent to an activating group) is 1. The number of nitrogens with two attached hydrogens (primary N) is 1. The predicted molar refractivity (Wildman–Crippen MR) is 149 cm³/mol. The molecule has 2 N–H and O–H groups in total. The van der Waals surface area contributed by atoms with Crippen molar-refractivity contribution in [1.29, 1.82) is 0 Å². The maximum absolute atomic E-state index is 6.46. The van der Waals surface area contributed by atoms with Crippen LogP contribution in [0.2, 0.25) is 0 Å². The first-order valence-corrected chi connectivity index (χ1v) is 13.4. The summed E-state index contributed by atoms with van der Waals surface area (Å²) in [5.41, 5.74) is 12.0. The Morgan fingerprint density at radius 2 is 1.76 bits per heavy atom. The molecule has 1 aliphatic carbocycles. The number of piperazine rings is 1. The third kappa shape index (κ3) is 4.81. The van der Waals surface area contributed by atoms with Gasteiger partial charge in [-0.3, -0.25) is 0 Å². The van der Waals surface area contributed by atoms with Crippen LogP contribution >= 0.6 is 0 Å². The molecule has 0 unspecified atom stereocenters. The largest absolute Gasteiger partial charge is 0.489 e. The van der Waals surface area contributed by atoms with E-state index in [4.69, 9.17) is 15.5 Å². The Morgan fingerprint density at radius 3 is 2.54 bits per heavy atom. The third-order valence-corrected chi connectivity index (χ3v) is 8.12. The molecule has 4 aromatic rings. The molecule has 0 spiro atoms. The van der Waals surface area contributed by atoms with Gasteiger partial charge in [-0.1, -0.05) is 42.5 Å². The maximum Gasteiger partial charge on any atom is 0.146 e. The molecule has 0 atom stereocenters. The number of fused-ring (bicyclic) bond motifs is 1. The van der Waals surface area contributed by atoms with Gasteiger partial charge in [-0.15, -0.1) is 0 Å². The normalized spacial score (nSPS) is 20.7. The summed E-state index contributed by atoms with van der Waals surface area (Å²) in [7, 11) is 2.22. The van der Waals surface area contributed by atoms with Crippen LogP contribution in [0.15, 0.2) is 60.9 Å². The van der Waals surface area contributed by atoms with Crippen molar-refractivity contribution in [2.24, 2.45) is 5.92 Å². The fraction of sp³-hybridized carbons (Fsp3) is 0.400. The summed E-state index contributed by atoms with van der Waals surface area (Å²) in [6.07, 6.45) is 3.96. The standard InChI is InChI=1S/C30H36N6O/c1-21-27(24-9-6-10-26(17-24)37-19-22-7-4-3-5-8-22)28-29(31)32-20-33-30(28)36(21)25-15-23(16-25)18-35-13-11-34(2)12-14-35/h3-10,17,20,23,25H,11-16,18-19H2,1-2H3,(H2,31,32,33). The van der Waals surface area contributed by atoms with Crippen molar-refractivity contribution >= 4 is 16.9 Å². The molecule has 2 aliphatic rings. The average molecular weight is 497 g/mol. The van der Waals surface area contributed by atoms with Crippen LogP contribution in [-0.2, 0) is 6.61 Å². The van der Waals surface area contributed by atoms with Crippen molar-refractivity contribution in [2.75, 3.05) is 45.5 Å². The van der Waals surface area contributed by atoms with Gasteiger partial charge in [0.25, 0.3) is 0 Å². The minimum Gasteiger partial charge on any atom is -0.489 e. The zero-order valence-corrected chi connectivity index (χ0v) is 21.8. The highest BCUT2D eigenvalue weighted by Gasteiger charge is 2.35. The van der Waals surface area contributed by atoms with Crippen LogP contribution < -0.4 is 10.5 Å². The first-order valence-electron chi connectivity index (χ1n) is 13.4. The van der Waals surface area contributed by atoms with Gasteiger partial charge in [0.1, 0.15) is 30.1 Å². The number of nitrogens with zero attached hydrogens (tertiary/aromatic N) is 5. The van der Waals surface area contributed by atoms with Crippen molar-refractivity contribution in [3.05, 3.63) is 72.2 Å². The molecule has 1 saturated carbocycles. The van der Waals surface area contributed by atoms with Crippen molar-refractivity contribution in [3.8, 4) is 16.9 Å². The monoisotopic (exact) mass is 496 g/mol. The Bertz CT molecular complexity index is 1370. The molecule has 3 heterocycles. The average Bonchev–Trinajstić information content (AvgIpc) is 3.19. The van der Waals surface area contributed by atoms with Gasteiger partial charge in [-0.2, -0.15) is 0 Å². The first-order chi connectivity index (χ1) is 18.1. The van der Waals surface area contributed by atoms with Crippen LogP contribution in [0.4, 0.5) is 5.82 Å². The molecular weight excluding hydrogens is 460 g/mol. The maximum atomic E-state index is 6.46. The lowest BCUT2D eigenvalue weighted by Crippen LogP contribution is -2.47. The molecular formula is C30H36N6O. The van der Waals surface area contributed by atoms with Crippen LogP contribution in [0.3, 0.4) is 0 Å². The smallest absolute Gasteiger partial charge is 0.146 e. The molecule has 0 radical (unpaired) electrons. The molecule has 0 bridgehead atoms. The van der Waals surface area contributed by atoms with E-state index in [1.165, 1.54) is 51.3 Å². The van der Waals surface area contributed by atoms with E-state index in [0.717, 1.165) is 39.4 Å². The summed E-state index contributed by atoms with van der Waals surface area (Å²) in [6, 6.07) is 19.0. The second-order valence-electron chi connectivity index (χ2n) is 10.7. The number of nitrogen functional groups attached to an aromatic ring is 1. The second kappa shape index (κ2) is 10.1. The lowest BCUT2D eigenvalue weighted by atomic mass is 9.79. The number of anilines is 1. The molecule has 7 heteroatoms. The SMILES string of the molecule is Cc1c(-c2cccc(OCc3ccccc3)c2)c2c(N)ncnc2n1C1CC(CN2CCN(C)CC2)C1. The molecule has 7 nitrogen and oxygen atoms in total. The highest BCUT2D eigenvalue weighted by Crippen LogP contribution is 2.45. The van der Waals surface area contributed by atoms with Crippen LogP contribution in [0.1, 0.15) is 30.1 Å². The van der Waals surface area contributed by atoms with Gasteiger partial charge >= 0.3 is 0 Å². The topological polar surface area (TPSA) is 72.4 Å². The lowest BCUT2D eigenvalue weighted by Gasteiger charge is -2.42. The quantitative estimate of drug-likeness (QED) is 0.398. The van der Waals surface area contributed by atoms with Gasteiger partial charge < -0.3 is 24.8 Å². The van der Waals surface area contributed by atoms with Crippen LogP contribution in [0, 0.1) is 12.8 Å². The number of hydrogen-bond donors (Lipinski definition) is 1. The second-order valence-corrected chi connectivity index (χ2v) is 10.7. The molecule has 2 aromatic carbocycles. The minimum atomic E-state index is 0.445. The summed E-state index contributed by atoms with van der Waals surface area (Å²) in [6.45, 7) is 8.64. The van der Waals surface area contributed by atoms with Crippen molar-refractivity contribution in [2.45, 2.75) is 32.4 Å². The van der Waals surface area contributed by atoms with Gasteiger partial charge in [0.15, 0.2) is 0 Å². The van der Waals surface area contributed by atoms with Gasteiger partial charge in [0.05, 0.1) is 5.39 Å². The van der Waals surface area contributed by atoms with Crippen molar-refractivity contribution < 1.29 is 4.74 Å². The fourth-order valence-corrected chi connectivity index (χ4v) is 6.01. The number of ether oxygens (including phenoxy) is 1. The van der Waals surface area contributed by atoms with Gasteiger partial charge in [0.2, 0.25) is 0 Å². The van der Waals surface area contributed by atoms with Gasteiger partial charge in [-0.25, -0.2) is 9.97 Å². The van der Waals surface area contributed by atoms with E-state index >= 15 is 0 Å². The molecule has 1 saturated heterocycles. The Labute approximate surface area is 218 Å². The van der Waals surface area contributed by atoms with E-state index in [0.29, 0.717) is 18.5 Å². The molecule has 37 heavy (non-hydrogen) atoms. The Hall–Kier alpha value is -3.42. The number of rotatable bonds is 7. The van der Waals surface area contributed by atoms with Crippen molar-refractivity contribution in [3.63, 3.8) is 0 Å². The Balaban J connectivity index is 1.25. The summed E-state index contributed by atoms with van der Waals surface area (Å²) in [5, 5.41) is 0.947. The summed E-state index contributed by atoms with van der Waals surface area (Å²) in [4.78, 5) is 14.1. The van der Waals surface area contributed by atoms with E-state index in [1.54, 1.807) is 6.33 Å². The predicted octanol–water partition coefficient (Wildman–Crippen LogP) is 4.77. The Morgan fingerprint density at radius 1 is 0.973 bits per heavy atom. The van der Waals surface area contributed by atoms with E-state index in [9.17, 15) is 0 Å². The number of benzene rings is 2. The highest BCUT2D eigenvalue weighted by molar-refractivity contribution is 6.02. The van der Waals surface area contributed by atoms with Crippen LogP contribution in [-0.4, -0.2) is 64.1 Å². The number of hydrogen-bond acceptors (Lipinski definition) is 6. The molecule has 1 aliphatic heterocycles. The summed E-state index contributed by atoms with van der Waals surface area (Å²) < 4.78 is 8.56. The lowest BCUT2D eigenvalue weighted by molar-refractivity contribution is 0.0915. The molecule has 2 fully saturated rings. The summed E-state index contributed by atoms with van der Waals surface area (Å²) in [5.74, 6) is 2.11. The zero-order chi connectivity index (χ0) is 25.4. The highest BCUT2D eigenvalue weighted by atomic mass is 16.5. The van der Waals surface area contributed by atoms with Crippen molar-refractivity contribution in [1.82, 2.24) is 24.3 Å². The summed E-state index contributed by atoms with van der Waals surface area (Å²) >= 11 is 0. The molecule has 0 amide bonds. The molecule has 192 valence electrons. The number of aromatic nitrogens is 3. The van der Waals surface area contributed by atoms with Gasteiger partial charge in [-0.05, 0) is 56.0 Å². The van der Waals surface area contributed by atoms with E-state index in [1.807, 2.05) is 30.3 Å². The van der Waals surface area contributed by atoms with E-state index in [2.05, 4.69) is 57.6 Å².